The molecule has 4 nitrogen and oxygen atoms in total. The van der Waals surface area contributed by atoms with Crippen molar-refractivity contribution in [2.45, 2.75) is 39.3 Å². The lowest BCUT2D eigenvalue weighted by molar-refractivity contribution is -0.134. The highest BCUT2D eigenvalue weighted by Crippen LogP contribution is 2.13. The second kappa shape index (κ2) is 7.01. The summed E-state index contributed by atoms with van der Waals surface area (Å²) in [5.41, 5.74) is 6.79. The molecule has 0 bridgehead atoms. The molecule has 1 aromatic rings. The zero-order chi connectivity index (χ0) is 12.7. The highest BCUT2D eigenvalue weighted by Gasteiger charge is 2.22. The van der Waals surface area contributed by atoms with E-state index in [4.69, 9.17) is 5.73 Å². The maximum atomic E-state index is 11.6. The maximum absolute atomic E-state index is 11.6. The van der Waals surface area contributed by atoms with Crippen LogP contribution < -0.4 is 5.73 Å². The first-order valence-electron chi connectivity index (χ1n) is 6.18. The summed E-state index contributed by atoms with van der Waals surface area (Å²) in [5, 5.41) is 0. The summed E-state index contributed by atoms with van der Waals surface area (Å²) < 4.78 is 0. The van der Waals surface area contributed by atoms with Gasteiger partial charge in [0.2, 0.25) is 5.91 Å². The van der Waals surface area contributed by atoms with Crippen LogP contribution in [0.1, 0.15) is 32.3 Å². The standard InChI is InChI=1S/C11H15N3O.C2H6/c12-10-3-5-14(11(15)6-10)8-9-2-1-4-13-7-9;1-2/h1-2,4,7,10H,3,5-6,8,12H2;1-2H3. The van der Waals surface area contributed by atoms with Crippen molar-refractivity contribution < 1.29 is 4.79 Å². The molecule has 0 aromatic carbocycles. The Bertz CT molecular complexity index is 340. The van der Waals surface area contributed by atoms with Gasteiger partial charge < -0.3 is 10.6 Å². The molecule has 17 heavy (non-hydrogen) atoms. The Morgan fingerprint density at radius 3 is 2.88 bits per heavy atom. The molecular weight excluding hydrogens is 214 g/mol. The van der Waals surface area contributed by atoms with Crippen molar-refractivity contribution in [3.8, 4) is 0 Å². The second-order valence-electron chi connectivity index (χ2n) is 3.93. The largest absolute Gasteiger partial charge is 0.338 e. The Morgan fingerprint density at radius 1 is 1.53 bits per heavy atom. The fourth-order valence-corrected chi connectivity index (χ4v) is 1.78. The fraction of sp³-hybridized carbons (Fsp3) is 0.538. The second-order valence-corrected chi connectivity index (χ2v) is 3.93. The number of carbonyl (C=O) groups is 1. The van der Waals surface area contributed by atoms with Gasteiger partial charge in [-0.1, -0.05) is 19.9 Å². The van der Waals surface area contributed by atoms with E-state index in [0.717, 1.165) is 18.5 Å². The summed E-state index contributed by atoms with van der Waals surface area (Å²) in [4.78, 5) is 17.5. The number of nitrogens with zero attached hydrogens (tertiary/aromatic N) is 2. The van der Waals surface area contributed by atoms with E-state index < -0.39 is 0 Å². The number of piperidine rings is 1. The summed E-state index contributed by atoms with van der Waals surface area (Å²) in [5.74, 6) is 0.151. The predicted octanol–water partition coefficient (Wildman–Crippen LogP) is 1.56. The molecule has 1 atom stereocenters. The van der Waals surface area contributed by atoms with Gasteiger partial charge in [-0.15, -0.1) is 0 Å². The smallest absolute Gasteiger partial charge is 0.224 e. The van der Waals surface area contributed by atoms with E-state index >= 15 is 0 Å². The van der Waals surface area contributed by atoms with Crippen LogP contribution in [0.4, 0.5) is 0 Å². The van der Waals surface area contributed by atoms with Gasteiger partial charge >= 0.3 is 0 Å². The summed E-state index contributed by atoms with van der Waals surface area (Å²) in [6, 6.07) is 3.91. The van der Waals surface area contributed by atoms with Gasteiger partial charge in [-0.25, -0.2) is 0 Å². The van der Waals surface area contributed by atoms with Crippen LogP contribution in [0.2, 0.25) is 0 Å². The van der Waals surface area contributed by atoms with Crippen LogP contribution >= 0.6 is 0 Å². The number of amides is 1. The van der Waals surface area contributed by atoms with E-state index in [0.29, 0.717) is 13.0 Å². The first-order valence-corrected chi connectivity index (χ1v) is 6.18. The summed E-state index contributed by atoms with van der Waals surface area (Å²) in [7, 11) is 0. The molecule has 0 aliphatic carbocycles. The molecule has 94 valence electrons. The van der Waals surface area contributed by atoms with Gasteiger partial charge in [0, 0.05) is 37.9 Å². The third kappa shape index (κ3) is 4.15. The van der Waals surface area contributed by atoms with Crippen LogP contribution in [0.3, 0.4) is 0 Å². The van der Waals surface area contributed by atoms with E-state index in [1.165, 1.54) is 0 Å². The van der Waals surface area contributed by atoms with E-state index in [2.05, 4.69) is 4.98 Å². The molecule has 1 aliphatic rings. The zero-order valence-electron chi connectivity index (χ0n) is 10.6. The average Bonchev–Trinajstić information content (AvgIpc) is 2.37. The normalized spacial score (nSPS) is 19.6. The van der Waals surface area contributed by atoms with Gasteiger partial charge in [0.15, 0.2) is 0 Å². The van der Waals surface area contributed by atoms with Crippen LogP contribution in [0.15, 0.2) is 24.5 Å². The molecule has 1 aromatic heterocycles. The van der Waals surface area contributed by atoms with Gasteiger partial charge in [0.25, 0.3) is 0 Å². The number of aromatic nitrogens is 1. The van der Waals surface area contributed by atoms with Crippen LogP contribution in [0, 0.1) is 0 Å². The third-order valence-electron chi connectivity index (χ3n) is 2.66. The van der Waals surface area contributed by atoms with Crippen molar-refractivity contribution in [1.29, 1.82) is 0 Å². The van der Waals surface area contributed by atoms with Crippen molar-refractivity contribution in [2.75, 3.05) is 6.54 Å². The molecule has 2 N–H and O–H groups in total. The van der Waals surface area contributed by atoms with Crippen LogP contribution in [-0.4, -0.2) is 28.4 Å². The lowest BCUT2D eigenvalue weighted by atomic mass is 10.0. The van der Waals surface area contributed by atoms with E-state index in [9.17, 15) is 4.79 Å². The summed E-state index contributed by atoms with van der Waals surface area (Å²) >= 11 is 0. The Morgan fingerprint density at radius 2 is 2.29 bits per heavy atom. The average molecular weight is 235 g/mol. The number of likely N-dealkylation sites (tertiary alicyclic amines) is 1. The Balaban J connectivity index is 0.000000686. The van der Waals surface area contributed by atoms with Crippen LogP contribution in [-0.2, 0) is 11.3 Å². The molecule has 1 unspecified atom stereocenters. The highest BCUT2D eigenvalue weighted by molar-refractivity contribution is 5.77. The first kappa shape index (κ1) is 13.6. The lowest BCUT2D eigenvalue weighted by Crippen LogP contribution is -2.43. The van der Waals surface area contributed by atoms with Crippen molar-refractivity contribution >= 4 is 5.91 Å². The van der Waals surface area contributed by atoms with Crippen molar-refractivity contribution in [2.24, 2.45) is 5.73 Å². The molecule has 1 fully saturated rings. The molecule has 2 rings (SSSR count). The quantitative estimate of drug-likeness (QED) is 0.846. The number of nitrogens with two attached hydrogens (primary N) is 1. The molecule has 0 spiro atoms. The van der Waals surface area contributed by atoms with Gasteiger partial charge in [-0.2, -0.15) is 0 Å². The monoisotopic (exact) mass is 235 g/mol. The van der Waals surface area contributed by atoms with E-state index in [1.54, 1.807) is 12.4 Å². The third-order valence-corrected chi connectivity index (χ3v) is 2.66. The predicted molar refractivity (Wildman–Crippen MR) is 68.2 cm³/mol. The Hall–Kier alpha value is -1.42. The van der Waals surface area contributed by atoms with Crippen molar-refractivity contribution in [3.05, 3.63) is 30.1 Å². The Labute approximate surface area is 103 Å². The van der Waals surface area contributed by atoms with Gasteiger partial charge in [0.05, 0.1) is 0 Å². The highest BCUT2D eigenvalue weighted by atomic mass is 16.2. The number of hydrogen-bond donors (Lipinski definition) is 1. The van der Waals surface area contributed by atoms with Crippen LogP contribution in [0.5, 0.6) is 0 Å². The molecule has 4 heteroatoms. The summed E-state index contributed by atoms with van der Waals surface area (Å²) in [6.07, 6.45) is 4.89. The van der Waals surface area contributed by atoms with E-state index in [-0.39, 0.29) is 11.9 Å². The SMILES string of the molecule is CC.NC1CCN(Cc2cccnc2)C(=O)C1. The van der Waals surface area contributed by atoms with Crippen molar-refractivity contribution in [3.63, 3.8) is 0 Å². The topological polar surface area (TPSA) is 59.2 Å². The zero-order valence-corrected chi connectivity index (χ0v) is 10.6. The number of pyridine rings is 1. The van der Waals surface area contributed by atoms with Gasteiger partial charge in [-0.3, -0.25) is 9.78 Å². The molecule has 0 radical (unpaired) electrons. The minimum Gasteiger partial charge on any atom is -0.338 e. The summed E-state index contributed by atoms with van der Waals surface area (Å²) in [6.45, 7) is 5.41. The molecule has 2 heterocycles. The molecule has 1 saturated heterocycles. The number of rotatable bonds is 2. The minimum atomic E-state index is 0.0441. The Kier molecular flexibility index (Phi) is 5.63. The number of hydrogen-bond acceptors (Lipinski definition) is 3. The molecule has 0 saturated carbocycles. The minimum absolute atomic E-state index is 0.0441. The van der Waals surface area contributed by atoms with Crippen LogP contribution in [0.25, 0.3) is 0 Å². The maximum Gasteiger partial charge on any atom is 0.224 e. The fourth-order valence-electron chi connectivity index (χ4n) is 1.78. The number of carbonyl (C=O) groups excluding carboxylic acids is 1. The molecular formula is C13H21N3O. The van der Waals surface area contributed by atoms with E-state index in [1.807, 2.05) is 30.9 Å². The van der Waals surface area contributed by atoms with Gasteiger partial charge in [-0.05, 0) is 18.1 Å². The molecule has 1 aliphatic heterocycles. The van der Waals surface area contributed by atoms with Gasteiger partial charge in [0.1, 0.15) is 0 Å². The molecule has 1 amide bonds. The van der Waals surface area contributed by atoms with Crippen molar-refractivity contribution in [1.82, 2.24) is 9.88 Å². The first-order chi connectivity index (χ1) is 8.25. The lowest BCUT2D eigenvalue weighted by Gasteiger charge is -2.29.